The van der Waals surface area contributed by atoms with Crippen molar-refractivity contribution in [3.05, 3.63) is 29.8 Å². The number of para-hydroxylation sites is 1. The molecule has 0 N–H and O–H groups in total. The van der Waals surface area contributed by atoms with Gasteiger partial charge in [0.15, 0.2) is 5.78 Å². The summed E-state index contributed by atoms with van der Waals surface area (Å²) in [4.78, 5) is 11.4. The highest BCUT2D eigenvalue weighted by molar-refractivity contribution is 5.96. The van der Waals surface area contributed by atoms with Crippen molar-refractivity contribution in [2.75, 3.05) is 6.61 Å². The number of hydrogen-bond acceptors (Lipinski definition) is 2. The van der Waals surface area contributed by atoms with Crippen LogP contribution in [-0.4, -0.2) is 12.4 Å². The van der Waals surface area contributed by atoms with Crippen molar-refractivity contribution in [1.82, 2.24) is 0 Å². The van der Waals surface area contributed by atoms with Crippen LogP contribution in [0.2, 0.25) is 0 Å². The Morgan fingerprint density at radius 1 is 1.00 bits per heavy atom. The lowest BCUT2D eigenvalue weighted by atomic mass is 10.1. The summed E-state index contributed by atoms with van der Waals surface area (Å²) >= 11 is 0. The van der Waals surface area contributed by atoms with E-state index in [4.69, 9.17) is 4.74 Å². The quantitative estimate of drug-likeness (QED) is 0.437. The zero-order chi connectivity index (χ0) is 13.9. The van der Waals surface area contributed by atoms with E-state index in [1.807, 2.05) is 24.3 Å². The Morgan fingerprint density at radius 3 is 2.32 bits per heavy atom. The van der Waals surface area contributed by atoms with Gasteiger partial charge >= 0.3 is 0 Å². The van der Waals surface area contributed by atoms with E-state index in [-0.39, 0.29) is 5.78 Å². The second-order valence-electron chi connectivity index (χ2n) is 5.02. The third kappa shape index (κ3) is 6.42. The van der Waals surface area contributed by atoms with E-state index in [1.165, 1.54) is 38.5 Å². The third-order valence-corrected chi connectivity index (χ3v) is 3.27. The van der Waals surface area contributed by atoms with Gasteiger partial charge in [-0.25, -0.2) is 0 Å². The van der Waals surface area contributed by atoms with Gasteiger partial charge in [-0.1, -0.05) is 57.6 Å². The minimum Gasteiger partial charge on any atom is -0.493 e. The van der Waals surface area contributed by atoms with Crippen LogP contribution >= 0.6 is 0 Å². The Bertz CT molecular complexity index is 371. The summed E-state index contributed by atoms with van der Waals surface area (Å²) in [5.41, 5.74) is 0.686. The largest absolute Gasteiger partial charge is 0.493 e. The fourth-order valence-electron chi connectivity index (χ4n) is 2.12. The number of carbonyl (C=O) groups is 1. The second kappa shape index (κ2) is 9.60. The van der Waals surface area contributed by atoms with Gasteiger partial charge in [0.2, 0.25) is 0 Å². The maximum absolute atomic E-state index is 11.4. The molecule has 0 radical (unpaired) electrons. The molecule has 0 bridgehead atoms. The number of carbonyl (C=O) groups excluding carboxylic acids is 1. The van der Waals surface area contributed by atoms with Gasteiger partial charge in [-0.3, -0.25) is 4.79 Å². The smallest absolute Gasteiger partial charge is 0.163 e. The van der Waals surface area contributed by atoms with Gasteiger partial charge in [-0.05, 0) is 25.5 Å². The number of benzene rings is 1. The molecule has 0 fully saturated rings. The molecule has 0 aliphatic carbocycles. The van der Waals surface area contributed by atoms with Crippen LogP contribution in [0.4, 0.5) is 0 Å². The summed E-state index contributed by atoms with van der Waals surface area (Å²) in [6.45, 7) is 4.52. The molecule has 1 aromatic rings. The van der Waals surface area contributed by atoms with Crippen LogP contribution in [0.5, 0.6) is 5.75 Å². The van der Waals surface area contributed by atoms with Crippen molar-refractivity contribution in [2.45, 2.75) is 58.8 Å². The molecule has 0 unspecified atom stereocenters. The molecule has 0 aromatic heterocycles. The van der Waals surface area contributed by atoms with Crippen molar-refractivity contribution >= 4 is 5.78 Å². The fraction of sp³-hybridized carbons (Fsp3) is 0.588. The molecule has 106 valence electrons. The number of ketones is 1. The van der Waals surface area contributed by atoms with Crippen LogP contribution in [0, 0.1) is 0 Å². The van der Waals surface area contributed by atoms with E-state index < -0.39 is 0 Å². The maximum Gasteiger partial charge on any atom is 0.163 e. The fourth-order valence-corrected chi connectivity index (χ4v) is 2.12. The zero-order valence-corrected chi connectivity index (χ0v) is 12.3. The molecule has 1 aromatic carbocycles. The van der Waals surface area contributed by atoms with Gasteiger partial charge in [-0.15, -0.1) is 0 Å². The number of hydrogen-bond donors (Lipinski definition) is 0. The first-order chi connectivity index (χ1) is 9.25. The highest BCUT2D eigenvalue weighted by atomic mass is 16.5. The number of rotatable bonds is 10. The van der Waals surface area contributed by atoms with Gasteiger partial charge in [-0.2, -0.15) is 0 Å². The Morgan fingerprint density at radius 2 is 1.63 bits per heavy atom. The summed E-state index contributed by atoms with van der Waals surface area (Å²) in [6.07, 6.45) is 8.90. The molecule has 0 saturated heterocycles. The minimum absolute atomic E-state index is 0.0650. The summed E-state index contributed by atoms with van der Waals surface area (Å²) in [5, 5.41) is 0. The zero-order valence-electron chi connectivity index (χ0n) is 12.3. The van der Waals surface area contributed by atoms with E-state index in [9.17, 15) is 4.79 Å². The van der Waals surface area contributed by atoms with Crippen LogP contribution in [-0.2, 0) is 0 Å². The lowest BCUT2D eigenvalue weighted by Crippen LogP contribution is -2.02. The first-order valence-corrected chi connectivity index (χ1v) is 7.48. The highest BCUT2D eigenvalue weighted by Crippen LogP contribution is 2.18. The van der Waals surface area contributed by atoms with Crippen molar-refractivity contribution in [1.29, 1.82) is 0 Å². The summed E-state index contributed by atoms with van der Waals surface area (Å²) in [6, 6.07) is 7.48. The lowest BCUT2D eigenvalue weighted by Gasteiger charge is -2.09. The van der Waals surface area contributed by atoms with E-state index in [1.54, 1.807) is 6.92 Å². The molecule has 19 heavy (non-hydrogen) atoms. The predicted molar refractivity (Wildman–Crippen MR) is 79.9 cm³/mol. The van der Waals surface area contributed by atoms with Gasteiger partial charge in [0, 0.05) is 0 Å². The first-order valence-electron chi connectivity index (χ1n) is 7.48. The standard InChI is InChI=1S/C17H26O2/c1-3-4-5-6-7-8-11-14-19-17-13-10-9-12-16(17)15(2)18/h9-10,12-13H,3-8,11,14H2,1-2H3. The van der Waals surface area contributed by atoms with Crippen LogP contribution in [0.15, 0.2) is 24.3 Å². The molecule has 2 nitrogen and oxygen atoms in total. The van der Waals surface area contributed by atoms with Crippen molar-refractivity contribution in [3.63, 3.8) is 0 Å². The van der Waals surface area contributed by atoms with Gasteiger partial charge in [0.25, 0.3) is 0 Å². The molecule has 0 aliphatic heterocycles. The summed E-state index contributed by atoms with van der Waals surface area (Å²) in [7, 11) is 0. The second-order valence-corrected chi connectivity index (χ2v) is 5.02. The Kier molecular flexibility index (Phi) is 7.95. The molecule has 0 heterocycles. The Hall–Kier alpha value is -1.31. The summed E-state index contributed by atoms with van der Waals surface area (Å²) in [5.74, 6) is 0.788. The van der Waals surface area contributed by atoms with Crippen molar-refractivity contribution in [2.24, 2.45) is 0 Å². The normalized spacial score (nSPS) is 10.4. The van der Waals surface area contributed by atoms with E-state index in [0.29, 0.717) is 12.2 Å². The van der Waals surface area contributed by atoms with Crippen LogP contribution in [0.1, 0.15) is 69.2 Å². The topological polar surface area (TPSA) is 26.3 Å². The molecule has 0 atom stereocenters. The van der Waals surface area contributed by atoms with Crippen LogP contribution in [0.25, 0.3) is 0 Å². The number of unbranched alkanes of at least 4 members (excludes halogenated alkanes) is 6. The minimum atomic E-state index is 0.0650. The molecule has 0 spiro atoms. The monoisotopic (exact) mass is 262 g/mol. The number of ether oxygens (including phenoxy) is 1. The Balaban J connectivity index is 2.17. The van der Waals surface area contributed by atoms with Gasteiger partial charge in [0.1, 0.15) is 5.75 Å². The molecule has 0 aliphatic rings. The number of Topliss-reactive ketones (excluding diaryl/α,β-unsaturated/α-hetero) is 1. The van der Waals surface area contributed by atoms with Gasteiger partial charge < -0.3 is 4.74 Å². The van der Waals surface area contributed by atoms with Crippen LogP contribution in [0.3, 0.4) is 0 Å². The average Bonchev–Trinajstić information content (AvgIpc) is 2.42. The lowest BCUT2D eigenvalue weighted by molar-refractivity contribution is 0.101. The summed E-state index contributed by atoms with van der Waals surface area (Å²) < 4.78 is 5.71. The van der Waals surface area contributed by atoms with Crippen LogP contribution < -0.4 is 4.74 Å². The van der Waals surface area contributed by atoms with E-state index in [2.05, 4.69) is 6.92 Å². The molecule has 0 saturated carbocycles. The van der Waals surface area contributed by atoms with Gasteiger partial charge in [0.05, 0.1) is 12.2 Å². The van der Waals surface area contributed by atoms with E-state index >= 15 is 0 Å². The van der Waals surface area contributed by atoms with Crippen molar-refractivity contribution in [3.8, 4) is 5.75 Å². The average molecular weight is 262 g/mol. The predicted octanol–water partition coefficient (Wildman–Crippen LogP) is 5.02. The van der Waals surface area contributed by atoms with Crippen molar-refractivity contribution < 1.29 is 9.53 Å². The molecule has 0 amide bonds. The molecular weight excluding hydrogens is 236 g/mol. The Labute approximate surface area is 117 Å². The molecule has 2 heteroatoms. The third-order valence-electron chi connectivity index (χ3n) is 3.27. The highest BCUT2D eigenvalue weighted by Gasteiger charge is 2.06. The molecular formula is C17H26O2. The molecule has 1 rings (SSSR count). The maximum atomic E-state index is 11.4. The SMILES string of the molecule is CCCCCCCCCOc1ccccc1C(C)=O. The first kappa shape index (κ1) is 15.7. The van der Waals surface area contributed by atoms with E-state index in [0.717, 1.165) is 12.2 Å².